The van der Waals surface area contributed by atoms with E-state index >= 15 is 0 Å². The van der Waals surface area contributed by atoms with Gasteiger partial charge in [-0.3, -0.25) is 4.79 Å². The van der Waals surface area contributed by atoms with Crippen LogP contribution < -0.4 is 16.8 Å². The Labute approximate surface area is 139 Å². The number of thiazole rings is 1. The summed E-state index contributed by atoms with van der Waals surface area (Å²) in [5.74, 6) is 1.07. The number of nitrogens with one attached hydrogen (secondary N) is 1. The smallest absolute Gasteiger partial charge is 0.261 e. The van der Waals surface area contributed by atoms with Gasteiger partial charge in [0.2, 0.25) is 5.13 Å². The van der Waals surface area contributed by atoms with Crippen LogP contribution in [0.4, 0.5) is 5.13 Å². The molecule has 0 fully saturated rings. The van der Waals surface area contributed by atoms with Gasteiger partial charge in [0.25, 0.3) is 5.91 Å². The molecule has 0 aliphatic rings. The fourth-order valence-electron chi connectivity index (χ4n) is 1.81. The quantitative estimate of drug-likeness (QED) is 0.483. The van der Waals surface area contributed by atoms with Gasteiger partial charge in [0.15, 0.2) is 11.7 Å². The predicted octanol–water partition coefficient (Wildman–Crippen LogP) is 2.30. The molecule has 0 aliphatic heterocycles. The number of thiophene rings is 1. The third-order valence-electron chi connectivity index (χ3n) is 2.80. The Hall–Kier alpha value is -2.65. The number of aromatic nitrogens is 1. The molecule has 0 aliphatic carbocycles. The largest absolute Gasteiger partial charge is 0.458 e. The normalized spacial score (nSPS) is 10.4. The number of amides is 1. The second kappa shape index (κ2) is 6.63. The molecule has 0 aromatic carbocycles. The summed E-state index contributed by atoms with van der Waals surface area (Å²) in [6.45, 7) is 0.307. The molecular formula is C14H13N5O2S2. The molecule has 0 unspecified atom stereocenters. The van der Waals surface area contributed by atoms with Gasteiger partial charge >= 0.3 is 0 Å². The van der Waals surface area contributed by atoms with E-state index in [4.69, 9.17) is 15.9 Å². The van der Waals surface area contributed by atoms with Gasteiger partial charge in [0.05, 0.1) is 11.4 Å². The molecule has 9 heteroatoms. The van der Waals surface area contributed by atoms with Crippen LogP contribution in [0.25, 0.3) is 11.5 Å². The van der Waals surface area contributed by atoms with Crippen LogP contribution in [-0.2, 0) is 6.54 Å². The Bertz CT molecular complexity index is 831. The molecule has 23 heavy (non-hydrogen) atoms. The van der Waals surface area contributed by atoms with Crippen molar-refractivity contribution in [2.75, 3.05) is 0 Å². The molecule has 0 radical (unpaired) electrons. The first-order chi connectivity index (χ1) is 11.1. The Balaban J connectivity index is 1.65. The van der Waals surface area contributed by atoms with Crippen LogP contribution in [0, 0.1) is 0 Å². The van der Waals surface area contributed by atoms with E-state index in [1.165, 1.54) is 22.7 Å². The first kappa shape index (κ1) is 15.3. The number of aliphatic imine (C=N–C) groups is 1. The first-order valence-corrected chi connectivity index (χ1v) is 8.33. The van der Waals surface area contributed by atoms with Crippen molar-refractivity contribution in [3.8, 4) is 11.5 Å². The average molecular weight is 347 g/mol. The highest BCUT2D eigenvalue weighted by Gasteiger charge is 2.11. The van der Waals surface area contributed by atoms with Crippen molar-refractivity contribution in [3.05, 3.63) is 45.7 Å². The lowest BCUT2D eigenvalue weighted by Crippen LogP contribution is -2.21. The van der Waals surface area contributed by atoms with Gasteiger partial charge in [-0.25, -0.2) is 4.98 Å². The van der Waals surface area contributed by atoms with Crippen LogP contribution in [0.2, 0.25) is 0 Å². The highest BCUT2D eigenvalue weighted by Crippen LogP contribution is 2.28. The van der Waals surface area contributed by atoms with E-state index in [0.717, 1.165) is 0 Å². The Kier molecular flexibility index (Phi) is 4.40. The average Bonchev–Trinajstić information content (AvgIpc) is 3.25. The van der Waals surface area contributed by atoms with Crippen LogP contribution in [-0.4, -0.2) is 16.9 Å². The van der Waals surface area contributed by atoms with Gasteiger partial charge in [-0.1, -0.05) is 6.07 Å². The van der Waals surface area contributed by atoms with Crippen LogP contribution in [0.15, 0.2) is 44.4 Å². The molecule has 3 rings (SSSR count). The summed E-state index contributed by atoms with van der Waals surface area (Å²) in [7, 11) is 0. The molecule has 0 spiro atoms. The summed E-state index contributed by atoms with van der Waals surface area (Å²) >= 11 is 2.70. The number of rotatable bonds is 5. The lowest BCUT2D eigenvalue weighted by molar-refractivity contribution is 0.0952. The summed E-state index contributed by atoms with van der Waals surface area (Å²) in [6, 6.07) is 7.19. The molecule has 3 aromatic rings. The predicted molar refractivity (Wildman–Crippen MR) is 90.8 cm³/mol. The molecular weight excluding hydrogens is 334 g/mol. The summed E-state index contributed by atoms with van der Waals surface area (Å²) in [5.41, 5.74) is 11.3. The third kappa shape index (κ3) is 3.76. The van der Waals surface area contributed by atoms with Gasteiger partial charge in [-0.05, 0) is 23.6 Å². The minimum absolute atomic E-state index is 0.0395. The SMILES string of the molecule is NC(N)=Nc1nc(-c2ccc(CNC(=O)c3cccs3)o2)cs1. The van der Waals surface area contributed by atoms with Gasteiger partial charge < -0.3 is 21.2 Å². The molecule has 7 nitrogen and oxygen atoms in total. The van der Waals surface area contributed by atoms with E-state index in [0.29, 0.717) is 33.8 Å². The Morgan fingerprint density at radius 1 is 1.30 bits per heavy atom. The molecule has 0 bridgehead atoms. The van der Waals surface area contributed by atoms with Crippen molar-refractivity contribution in [3.63, 3.8) is 0 Å². The zero-order valence-electron chi connectivity index (χ0n) is 11.9. The zero-order valence-corrected chi connectivity index (χ0v) is 13.5. The topological polar surface area (TPSA) is 120 Å². The second-order valence-electron chi connectivity index (χ2n) is 4.48. The fourth-order valence-corrected chi connectivity index (χ4v) is 3.15. The van der Waals surface area contributed by atoms with Crippen molar-refractivity contribution >= 4 is 39.7 Å². The van der Waals surface area contributed by atoms with Crippen LogP contribution in [0.1, 0.15) is 15.4 Å². The number of carbonyl (C=O) groups excluding carboxylic acids is 1. The number of carbonyl (C=O) groups is 1. The maximum absolute atomic E-state index is 11.9. The van der Waals surface area contributed by atoms with Gasteiger partial charge in [0.1, 0.15) is 11.5 Å². The van der Waals surface area contributed by atoms with Crippen LogP contribution >= 0.6 is 22.7 Å². The molecule has 3 heterocycles. The molecule has 0 atom stereocenters. The number of furan rings is 1. The standard InChI is InChI=1S/C14H13N5O2S2/c15-13(16)19-14-18-9(7-23-14)10-4-3-8(21-10)6-17-12(20)11-2-1-5-22-11/h1-5,7H,6H2,(H,17,20)(H4,15,16,18,19). The number of hydrogen-bond donors (Lipinski definition) is 3. The summed E-state index contributed by atoms with van der Waals surface area (Å²) < 4.78 is 5.68. The summed E-state index contributed by atoms with van der Waals surface area (Å²) in [6.07, 6.45) is 0. The Morgan fingerprint density at radius 3 is 2.91 bits per heavy atom. The van der Waals surface area contributed by atoms with E-state index in [9.17, 15) is 4.79 Å². The van der Waals surface area contributed by atoms with Crippen molar-refractivity contribution in [2.24, 2.45) is 16.5 Å². The second-order valence-corrected chi connectivity index (χ2v) is 6.26. The first-order valence-electron chi connectivity index (χ1n) is 6.58. The minimum atomic E-state index is -0.123. The zero-order chi connectivity index (χ0) is 16.2. The molecule has 118 valence electrons. The summed E-state index contributed by atoms with van der Waals surface area (Å²) in [5, 5.41) is 6.92. The molecule has 0 saturated heterocycles. The van der Waals surface area contributed by atoms with E-state index in [1.807, 2.05) is 11.4 Å². The van der Waals surface area contributed by atoms with Crippen molar-refractivity contribution in [1.29, 1.82) is 0 Å². The molecule has 3 aromatic heterocycles. The third-order valence-corrected chi connectivity index (χ3v) is 4.40. The maximum Gasteiger partial charge on any atom is 0.261 e. The van der Waals surface area contributed by atoms with Crippen molar-refractivity contribution in [1.82, 2.24) is 10.3 Å². The Morgan fingerprint density at radius 2 is 2.17 bits per heavy atom. The minimum Gasteiger partial charge on any atom is -0.458 e. The van der Waals surface area contributed by atoms with Gasteiger partial charge in [-0.15, -0.1) is 22.7 Å². The van der Waals surface area contributed by atoms with Crippen molar-refractivity contribution < 1.29 is 9.21 Å². The fraction of sp³-hybridized carbons (Fsp3) is 0.0714. The van der Waals surface area contributed by atoms with E-state index in [-0.39, 0.29) is 11.9 Å². The van der Waals surface area contributed by atoms with Gasteiger partial charge in [-0.2, -0.15) is 4.99 Å². The number of nitrogens with zero attached hydrogens (tertiary/aromatic N) is 2. The van der Waals surface area contributed by atoms with E-state index < -0.39 is 0 Å². The van der Waals surface area contributed by atoms with E-state index in [1.54, 1.807) is 23.6 Å². The molecule has 1 amide bonds. The highest BCUT2D eigenvalue weighted by molar-refractivity contribution is 7.13. The van der Waals surface area contributed by atoms with Crippen LogP contribution in [0.5, 0.6) is 0 Å². The monoisotopic (exact) mass is 347 g/mol. The molecule has 0 saturated carbocycles. The van der Waals surface area contributed by atoms with Crippen LogP contribution in [0.3, 0.4) is 0 Å². The summed E-state index contributed by atoms with van der Waals surface area (Å²) in [4.78, 5) is 20.7. The maximum atomic E-state index is 11.9. The van der Waals surface area contributed by atoms with E-state index in [2.05, 4.69) is 15.3 Å². The number of hydrogen-bond acceptors (Lipinski definition) is 6. The van der Waals surface area contributed by atoms with Gasteiger partial charge in [0, 0.05) is 5.38 Å². The highest BCUT2D eigenvalue weighted by atomic mass is 32.1. The lowest BCUT2D eigenvalue weighted by Gasteiger charge is -2.00. The van der Waals surface area contributed by atoms with Crippen molar-refractivity contribution in [2.45, 2.75) is 6.54 Å². The number of nitrogens with two attached hydrogens (primary N) is 2. The number of guanidine groups is 1. The lowest BCUT2D eigenvalue weighted by atomic mass is 10.3. The molecule has 5 N–H and O–H groups in total.